The summed E-state index contributed by atoms with van der Waals surface area (Å²) in [5.41, 5.74) is -0.535. The second-order valence-electron chi connectivity index (χ2n) is 7.77. The van der Waals surface area contributed by atoms with E-state index in [9.17, 15) is 28.7 Å². The number of likely N-dealkylation sites (tertiary alicyclic amines) is 1. The molecular weight excluding hydrogens is 443 g/mol. The van der Waals surface area contributed by atoms with Gasteiger partial charge in [0.25, 0.3) is 11.8 Å². The van der Waals surface area contributed by atoms with Gasteiger partial charge in [0.2, 0.25) is 0 Å². The molecule has 1 aliphatic rings. The van der Waals surface area contributed by atoms with E-state index in [1.54, 1.807) is 24.3 Å². The first-order chi connectivity index (χ1) is 16.3. The number of fused-ring (bicyclic) bond motifs is 1. The van der Waals surface area contributed by atoms with Crippen molar-refractivity contribution in [3.8, 4) is 5.75 Å². The van der Waals surface area contributed by atoms with Crippen LogP contribution in [0.3, 0.4) is 0 Å². The van der Waals surface area contributed by atoms with E-state index in [1.165, 1.54) is 17.0 Å². The number of nitrogens with zero attached hydrogens (tertiary/aromatic N) is 1. The Morgan fingerprint density at radius 3 is 2.18 bits per heavy atom. The number of amides is 6. The summed E-state index contributed by atoms with van der Waals surface area (Å²) in [7, 11) is 0. The number of phenolic OH excluding ortho intramolecular Hbond substituents is 1. The van der Waals surface area contributed by atoms with E-state index in [0.29, 0.717) is 23.9 Å². The van der Waals surface area contributed by atoms with Crippen LogP contribution >= 0.6 is 0 Å². The predicted molar refractivity (Wildman–Crippen MR) is 122 cm³/mol. The molecule has 9 nitrogen and oxygen atoms in total. The lowest BCUT2D eigenvalue weighted by atomic mass is 10.1. The summed E-state index contributed by atoms with van der Waals surface area (Å²) in [6, 6.07) is 11.3. The van der Waals surface area contributed by atoms with Gasteiger partial charge in [0.15, 0.2) is 0 Å². The van der Waals surface area contributed by atoms with Crippen molar-refractivity contribution in [1.82, 2.24) is 15.5 Å². The third-order valence-electron chi connectivity index (χ3n) is 5.42. The average molecular weight is 464 g/mol. The van der Waals surface area contributed by atoms with Crippen LogP contribution in [0.2, 0.25) is 0 Å². The molecule has 1 fully saturated rings. The first-order valence-electron chi connectivity index (χ1n) is 10.6. The predicted octanol–water partition coefficient (Wildman–Crippen LogP) is 3.59. The molecule has 1 saturated heterocycles. The minimum absolute atomic E-state index is 0.137. The van der Waals surface area contributed by atoms with E-state index < -0.39 is 29.7 Å². The number of imide groups is 2. The van der Waals surface area contributed by atoms with E-state index in [4.69, 9.17) is 0 Å². The number of carbonyl (C=O) groups excluding carboxylic acids is 4. The van der Waals surface area contributed by atoms with Crippen LogP contribution in [-0.4, -0.2) is 47.0 Å². The minimum atomic E-state index is -1.05. The highest BCUT2D eigenvalue weighted by Gasteiger charge is 2.23. The highest BCUT2D eigenvalue weighted by atomic mass is 19.1. The number of rotatable bonds is 3. The van der Waals surface area contributed by atoms with Gasteiger partial charge in [-0.1, -0.05) is 24.3 Å². The molecule has 10 heteroatoms. The number of phenols is 1. The number of aromatic hydroxyl groups is 1. The summed E-state index contributed by atoms with van der Waals surface area (Å²) in [5, 5.41) is 18.1. The largest absolute Gasteiger partial charge is 0.507 e. The Morgan fingerprint density at radius 1 is 0.824 bits per heavy atom. The Kier molecular flexibility index (Phi) is 6.39. The third-order valence-corrected chi connectivity index (χ3v) is 5.42. The van der Waals surface area contributed by atoms with Crippen LogP contribution in [-0.2, 0) is 0 Å². The fraction of sp³-hybridized carbons (Fsp3) is 0.167. The molecule has 3 aromatic rings. The Bertz CT molecular complexity index is 1300. The van der Waals surface area contributed by atoms with Crippen molar-refractivity contribution in [1.29, 1.82) is 0 Å². The van der Waals surface area contributed by atoms with Crippen molar-refractivity contribution < 1.29 is 28.7 Å². The molecule has 0 aromatic heterocycles. The SMILES string of the molecule is O=C(NC(=O)c1cc2ccccc2cc1O)Nc1cc(F)ccc1C(=O)NC(=O)N1CCCC1. The van der Waals surface area contributed by atoms with Gasteiger partial charge in [0.05, 0.1) is 16.8 Å². The number of carbonyl (C=O) groups is 4. The summed E-state index contributed by atoms with van der Waals surface area (Å²) >= 11 is 0. The van der Waals surface area contributed by atoms with E-state index in [0.717, 1.165) is 31.0 Å². The van der Waals surface area contributed by atoms with Crippen LogP contribution in [0.4, 0.5) is 19.7 Å². The molecule has 0 radical (unpaired) electrons. The standard InChI is InChI=1S/C24H21FN4O5/c25-16-7-8-17(21(31)28-24(34)29-9-3-4-10-29)19(13-16)26-23(33)27-22(32)18-11-14-5-1-2-6-15(14)12-20(18)30/h1-2,5-8,11-13,30H,3-4,9-10H2,(H,28,31,34)(H2,26,27,32,33). The highest BCUT2D eigenvalue weighted by molar-refractivity contribution is 6.13. The normalized spacial score (nSPS) is 12.9. The molecular formula is C24H21FN4O5. The van der Waals surface area contributed by atoms with Crippen molar-refractivity contribution in [3.63, 3.8) is 0 Å². The van der Waals surface area contributed by atoms with Crippen molar-refractivity contribution in [2.24, 2.45) is 0 Å². The molecule has 0 unspecified atom stereocenters. The van der Waals surface area contributed by atoms with Crippen LogP contribution in [0.25, 0.3) is 10.8 Å². The molecule has 174 valence electrons. The van der Waals surface area contributed by atoms with E-state index in [2.05, 4.69) is 10.6 Å². The van der Waals surface area contributed by atoms with E-state index >= 15 is 0 Å². The van der Waals surface area contributed by atoms with Crippen molar-refractivity contribution in [3.05, 3.63) is 71.5 Å². The molecule has 0 aliphatic carbocycles. The van der Waals surface area contributed by atoms with Gasteiger partial charge >= 0.3 is 12.1 Å². The maximum Gasteiger partial charge on any atom is 0.326 e. The summed E-state index contributed by atoms with van der Waals surface area (Å²) in [6.07, 6.45) is 1.68. The van der Waals surface area contributed by atoms with Crippen LogP contribution in [0, 0.1) is 5.82 Å². The number of benzene rings is 3. The molecule has 4 rings (SSSR count). The molecule has 0 atom stereocenters. The molecule has 3 aromatic carbocycles. The number of anilines is 1. The number of nitrogens with one attached hydrogen (secondary N) is 3. The smallest absolute Gasteiger partial charge is 0.326 e. The monoisotopic (exact) mass is 464 g/mol. The summed E-state index contributed by atoms with van der Waals surface area (Å²) in [5.74, 6) is -2.79. The Labute approximate surface area is 193 Å². The first-order valence-corrected chi connectivity index (χ1v) is 10.6. The van der Waals surface area contributed by atoms with Crippen molar-refractivity contribution >= 4 is 40.3 Å². The van der Waals surface area contributed by atoms with Crippen LogP contribution in [0.1, 0.15) is 33.6 Å². The maximum atomic E-state index is 13.8. The quantitative estimate of drug-likeness (QED) is 0.471. The lowest BCUT2D eigenvalue weighted by molar-refractivity contribution is 0.0950. The fourth-order valence-corrected chi connectivity index (χ4v) is 3.72. The number of urea groups is 2. The Morgan fingerprint density at radius 2 is 1.47 bits per heavy atom. The van der Waals surface area contributed by atoms with Crippen molar-refractivity contribution in [2.75, 3.05) is 18.4 Å². The van der Waals surface area contributed by atoms with Crippen LogP contribution in [0.15, 0.2) is 54.6 Å². The zero-order chi connectivity index (χ0) is 24.2. The fourth-order valence-electron chi connectivity index (χ4n) is 3.72. The second kappa shape index (κ2) is 9.57. The number of halogens is 1. The minimum Gasteiger partial charge on any atom is -0.507 e. The lowest BCUT2D eigenvalue weighted by Crippen LogP contribution is -2.41. The summed E-state index contributed by atoms with van der Waals surface area (Å²) in [4.78, 5) is 51.3. The zero-order valence-electron chi connectivity index (χ0n) is 17.9. The number of hydrogen-bond donors (Lipinski definition) is 4. The van der Waals surface area contributed by atoms with Gasteiger partial charge in [-0.15, -0.1) is 0 Å². The maximum absolute atomic E-state index is 13.8. The van der Waals surface area contributed by atoms with Gasteiger partial charge in [-0.25, -0.2) is 14.0 Å². The molecule has 6 amide bonds. The van der Waals surface area contributed by atoms with Gasteiger partial charge < -0.3 is 15.3 Å². The Hall–Kier alpha value is -4.47. The van der Waals surface area contributed by atoms with Gasteiger partial charge in [-0.3, -0.25) is 20.2 Å². The summed E-state index contributed by atoms with van der Waals surface area (Å²) in [6.45, 7) is 1.06. The van der Waals surface area contributed by atoms with E-state index in [1.807, 2.05) is 5.32 Å². The lowest BCUT2D eigenvalue weighted by Gasteiger charge is -2.16. The molecule has 34 heavy (non-hydrogen) atoms. The van der Waals surface area contributed by atoms with Gasteiger partial charge in [0.1, 0.15) is 11.6 Å². The highest BCUT2D eigenvalue weighted by Crippen LogP contribution is 2.25. The topological polar surface area (TPSA) is 128 Å². The summed E-state index contributed by atoms with van der Waals surface area (Å²) < 4.78 is 13.8. The van der Waals surface area contributed by atoms with Crippen LogP contribution < -0.4 is 16.0 Å². The average Bonchev–Trinajstić information content (AvgIpc) is 3.33. The van der Waals surface area contributed by atoms with Gasteiger partial charge in [0, 0.05) is 13.1 Å². The van der Waals surface area contributed by atoms with Gasteiger partial charge in [-0.05, 0) is 53.9 Å². The van der Waals surface area contributed by atoms with Crippen molar-refractivity contribution in [2.45, 2.75) is 12.8 Å². The molecule has 1 aliphatic heterocycles. The molecule has 4 N–H and O–H groups in total. The zero-order valence-corrected chi connectivity index (χ0v) is 17.9. The van der Waals surface area contributed by atoms with E-state index in [-0.39, 0.29) is 22.6 Å². The third kappa shape index (κ3) is 4.96. The Balaban J connectivity index is 1.48. The number of hydrogen-bond acceptors (Lipinski definition) is 5. The first kappa shape index (κ1) is 22.7. The molecule has 0 saturated carbocycles. The molecule has 0 spiro atoms. The van der Waals surface area contributed by atoms with Gasteiger partial charge in [-0.2, -0.15) is 0 Å². The molecule has 1 heterocycles. The second-order valence-corrected chi connectivity index (χ2v) is 7.77. The molecule has 0 bridgehead atoms. The van der Waals surface area contributed by atoms with Crippen LogP contribution in [0.5, 0.6) is 5.75 Å².